The number of benzene rings is 1. The normalized spacial score (nSPS) is 11.7. The Balaban J connectivity index is 3.07. The van der Waals surface area contributed by atoms with Crippen molar-refractivity contribution in [3.8, 4) is 0 Å². The third kappa shape index (κ3) is 4.58. The van der Waals surface area contributed by atoms with Gasteiger partial charge < -0.3 is 5.11 Å². The quantitative estimate of drug-likeness (QED) is 0.797. The Morgan fingerprint density at radius 2 is 2.11 bits per heavy atom. The summed E-state index contributed by atoms with van der Waals surface area (Å²) in [6.45, 7) is 1.90. The van der Waals surface area contributed by atoms with Crippen LogP contribution in [0.2, 0.25) is 0 Å². The van der Waals surface area contributed by atoms with Gasteiger partial charge in [0, 0.05) is 6.08 Å². The molecule has 1 aromatic carbocycles. The molecule has 0 spiro atoms. The van der Waals surface area contributed by atoms with Crippen molar-refractivity contribution in [3.63, 3.8) is 0 Å². The van der Waals surface area contributed by atoms with E-state index in [4.69, 9.17) is 5.11 Å². The first kappa shape index (κ1) is 14.2. The molecule has 0 atom stereocenters. The van der Waals surface area contributed by atoms with Gasteiger partial charge in [0.25, 0.3) is 0 Å². The summed E-state index contributed by atoms with van der Waals surface area (Å²) in [7, 11) is -3.31. The van der Waals surface area contributed by atoms with Crippen LogP contribution in [0.25, 0.3) is 6.08 Å². The third-order valence-corrected chi connectivity index (χ3v) is 2.81. The highest BCUT2D eigenvalue weighted by molar-refractivity contribution is 7.92. The Morgan fingerprint density at radius 1 is 1.44 bits per heavy atom. The SMILES string of the molecule is CCc1cc(/C=C/C(=O)O)ccc1NS(C)(=O)=O. The van der Waals surface area contributed by atoms with Crippen LogP contribution >= 0.6 is 0 Å². The van der Waals surface area contributed by atoms with Gasteiger partial charge in [-0.2, -0.15) is 0 Å². The molecule has 1 aromatic rings. The van der Waals surface area contributed by atoms with Crippen molar-refractivity contribution in [1.29, 1.82) is 0 Å². The van der Waals surface area contributed by atoms with Crippen LogP contribution in [-0.4, -0.2) is 25.7 Å². The molecule has 0 aliphatic carbocycles. The Morgan fingerprint density at radius 3 is 2.61 bits per heavy atom. The van der Waals surface area contributed by atoms with Crippen LogP contribution in [-0.2, 0) is 21.2 Å². The maximum absolute atomic E-state index is 11.2. The van der Waals surface area contributed by atoms with Gasteiger partial charge in [-0.1, -0.05) is 13.0 Å². The Bertz CT molecular complexity index is 576. The second-order valence-electron chi connectivity index (χ2n) is 3.82. The summed E-state index contributed by atoms with van der Waals surface area (Å²) < 4.78 is 24.8. The summed E-state index contributed by atoms with van der Waals surface area (Å²) in [5, 5.41) is 8.53. The molecule has 98 valence electrons. The van der Waals surface area contributed by atoms with Crippen molar-refractivity contribution in [1.82, 2.24) is 0 Å². The average Bonchev–Trinajstić information content (AvgIpc) is 2.25. The highest BCUT2D eigenvalue weighted by atomic mass is 32.2. The average molecular weight is 269 g/mol. The smallest absolute Gasteiger partial charge is 0.328 e. The fraction of sp³-hybridized carbons (Fsp3) is 0.250. The van der Waals surface area contributed by atoms with Crippen LogP contribution in [0.4, 0.5) is 5.69 Å². The summed E-state index contributed by atoms with van der Waals surface area (Å²) in [4.78, 5) is 10.4. The Hall–Kier alpha value is -1.82. The predicted octanol–water partition coefficient (Wildman–Crippen LogP) is 1.72. The zero-order chi connectivity index (χ0) is 13.8. The van der Waals surface area contributed by atoms with E-state index in [1.165, 1.54) is 6.08 Å². The van der Waals surface area contributed by atoms with E-state index in [1.54, 1.807) is 18.2 Å². The minimum Gasteiger partial charge on any atom is -0.478 e. The molecule has 18 heavy (non-hydrogen) atoms. The molecule has 0 bridgehead atoms. The number of sulfonamides is 1. The van der Waals surface area contributed by atoms with Crippen LogP contribution in [0.1, 0.15) is 18.1 Å². The number of nitrogens with one attached hydrogen (secondary N) is 1. The van der Waals surface area contributed by atoms with Gasteiger partial charge in [0.15, 0.2) is 0 Å². The lowest BCUT2D eigenvalue weighted by molar-refractivity contribution is -0.131. The maximum Gasteiger partial charge on any atom is 0.328 e. The molecule has 5 nitrogen and oxygen atoms in total. The number of hydrogen-bond acceptors (Lipinski definition) is 3. The number of carbonyl (C=O) groups is 1. The van der Waals surface area contributed by atoms with Gasteiger partial charge in [0.2, 0.25) is 10.0 Å². The summed E-state index contributed by atoms with van der Waals surface area (Å²) >= 11 is 0. The lowest BCUT2D eigenvalue weighted by Crippen LogP contribution is -2.11. The molecule has 0 unspecified atom stereocenters. The number of carboxylic acid groups (broad SMARTS) is 1. The second-order valence-corrected chi connectivity index (χ2v) is 5.56. The van der Waals surface area contributed by atoms with E-state index in [0.29, 0.717) is 17.7 Å². The standard InChI is InChI=1S/C12H15NO4S/c1-3-10-8-9(5-7-12(14)15)4-6-11(10)13-18(2,16)17/h4-8,13H,3H2,1-2H3,(H,14,15)/b7-5+. The van der Waals surface area contributed by atoms with Gasteiger partial charge in [-0.05, 0) is 35.8 Å². The van der Waals surface area contributed by atoms with Crippen LogP contribution in [0.3, 0.4) is 0 Å². The van der Waals surface area contributed by atoms with E-state index < -0.39 is 16.0 Å². The number of carboxylic acids is 1. The van der Waals surface area contributed by atoms with E-state index >= 15 is 0 Å². The van der Waals surface area contributed by atoms with Gasteiger partial charge >= 0.3 is 5.97 Å². The van der Waals surface area contributed by atoms with Crippen LogP contribution < -0.4 is 4.72 Å². The lowest BCUT2D eigenvalue weighted by Gasteiger charge is -2.10. The van der Waals surface area contributed by atoms with E-state index in [9.17, 15) is 13.2 Å². The van der Waals surface area contributed by atoms with Crippen LogP contribution in [0.5, 0.6) is 0 Å². The molecule has 0 saturated heterocycles. The van der Waals surface area contributed by atoms with Crippen molar-refractivity contribution in [2.75, 3.05) is 11.0 Å². The predicted molar refractivity (Wildman–Crippen MR) is 71.0 cm³/mol. The highest BCUT2D eigenvalue weighted by Gasteiger charge is 2.06. The van der Waals surface area contributed by atoms with E-state index in [-0.39, 0.29) is 0 Å². The minimum absolute atomic E-state index is 0.521. The summed E-state index contributed by atoms with van der Waals surface area (Å²) in [5.41, 5.74) is 2.05. The molecule has 6 heteroatoms. The number of aliphatic carboxylic acids is 1. The monoisotopic (exact) mass is 269 g/mol. The highest BCUT2D eigenvalue weighted by Crippen LogP contribution is 2.20. The molecule has 0 amide bonds. The van der Waals surface area contributed by atoms with Gasteiger partial charge in [-0.3, -0.25) is 4.72 Å². The first-order chi connectivity index (χ1) is 8.31. The van der Waals surface area contributed by atoms with E-state index in [1.807, 2.05) is 6.92 Å². The number of hydrogen-bond donors (Lipinski definition) is 2. The van der Waals surface area contributed by atoms with Crippen molar-refractivity contribution in [2.45, 2.75) is 13.3 Å². The van der Waals surface area contributed by atoms with Crippen molar-refractivity contribution in [2.24, 2.45) is 0 Å². The fourth-order valence-corrected chi connectivity index (χ4v) is 2.08. The van der Waals surface area contributed by atoms with E-state index in [0.717, 1.165) is 17.9 Å². The van der Waals surface area contributed by atoms with E-state index in [2.05, 4.69) is 4.72 Å². The molecule has 0 heterocycles. The fourth-order valence-electron chi connectivity index (χ4n) is 1.48. The van der Waals surface area contributed by atoms with Gasteiger partial charge in [0.1, 0.15) is 0 Å². The topological polar surface area (TPSA) is 83.5 Å². The third-order valence-electron chi connectivity index (χ3n) is 2.22. The van der Waals surface area contributed by atoms with Crippen molar-refractivity contribution < 1.29 is 18.3 Å². The Labute approximate surface area is 106 Å². The summed E-state index contributed by atoms with van der Waals surface area (Å²) in [6.07, 6.45) is 4.24. The zero-order valence-electron chi connectivity index (χ0n) is 10.2. The van der Waals surface area contributed by atoms with Crippen LogP contribution in [0.15, 0.2) is 24.3 Å². The number of aryl methyl sites for hydroxylation is 1. The molecule has 0 fully saturated rings. The largest absolute Gasteiger partial charge is 0.478 e. The molecule has 1 rings (SSSR count). The molecule has 0 radical (unpaired) electrons. The van der Waals surface area contributed by atoms with Crippen LogP contribution in [0, 0.1) is 0 Å². The molecule has 2 N–H and O–H groups in total. The van der Waals surface area contributed by atoms with Gasteiger partial charge in [-0.25, -0.2) is 13.2 Å². The second kappa shape index (κ2) is 5.68. The number of rotatable bonds is 5. The summed E-state index contributed by atoms with van der Waals surface area (Å²) in [6, 6.07) is 5.04. The first-order valence-electron chi connectivity index (χ1n) is 5.33. The van der Waals surface area contributed by atoms with Gasteiger partial charge in [-0.15, -0.1) is 0 Å². The number of anilines is 1. The molecular formula is C12H15NO4S. The summed E-state index contributed by atoms with van der Waals surface area (Å²) in [5.74, 6) is -1.02. The maximum atomic E-state index is 11.2. The zero-order valence-corrected chi connectivity index (χ0v) is 11.0. The minimum atomic E-state index is -3.31. The Kier molecular flexibility index (Phi) is 4.49. The van der Waals surface area contributed by atoms with Gasteiger partial charge in [0.05, 0.1) is 11.9 Å². The van der Waals surface area contributed by atoms with Crippen molar-refractivity contribution >= 4 is 27.8 Å². The molecule has 0 saturated carbocycles. The molecule has 0 aliphatic rings. The van der Waals surface area contributed by atoms with Crippen molar-refractivity contribution in [3.05, 3.63) is 35.4 Å². The molecule has 0 aromatic heterocycles. The molecule has 0 aliphatic heterocycles. The molecular weight excluding hydrogens is 254 g/mol. The lowest BCUT2D eigenvalue weighted by atomic mass is 10.1. The first-order valence-corrected chi connectivity index (χ1v) is 7.22.